The van der Waals surface area contributed by atoms with Crippen LogP contribution in [0.1, 0.15) is 17.2 Å². The number of aromatic hydroxyl groups is 2. The molecule has 2 aromatic rings. The van der Waals surface area contributed by atoms with Gasteiger partial charge in [-0.3, -0.25) is 0 Å². The van der Waals surface area contributed by atoms with Crippen LogP contribution in [0.15, 0.2) is 42.6 Å². The first-order chi connectivity index (χ1) is 10.5. The second-order valence-corrected chi connectivity index (χ2v) is 5.73. The average Bonchev–Trinajstić information content (AvgIpc) is 2.50. The maximum Gasteiger partial charge on any atom is 0.166 e. The molecule has 0 fully saturated rings. The van der Waals surface area contributed by atoms with Crippen molar-refractivity contribution in [3.05, 3.63) is 59.5 Å². The molecule has 0 aromatic heterocycles. The van der Waals surface area contributed by atoms with E-state index in [1.54, 1.807) is 23.2 Å². The zero-order valence-electron chi connectivity index (χ0n) is 11.2. The van der Waals surface area contributed by atoms with Gasteiger partial charge in [0.05, 0.1) is 0 Å². The zero-order chi connectivity index (χ0) is 15.9. The Morgan fingerprint density at radius 2 is 1.95 bits per heavy atom. The van der Waals surface area contributed by atoms with E-state index in [9.17, 15) is 19.4 Å². The number of fused-ring (bicyclic) bond motifs is 1. The second kappa shape index (κ2) is 5.46. The van der Waals surface area contributed by atoms with E-state index >= 15 is 0 Å². The first-order valence-electron chi connectivity index (χ1n) is 6.44. The minimum absolute atomic E-state index is 0.0953. The van der Waals surface area contributed by atoms with Crippen molar-refractivity contribution in [3.8, 4) is 11.5 Å². The van der Waals surface area contributed by atoms with Crippen LogP contribution >= 0.6 is 15.9 Å². The molecule has 0 amide bonds. The maximum absolute atomic E-state index is 13.6. The highest BCUT2D eigenvalue weighted by atomic mass is 79.9. The van der Waals surface area contributed by atoms with Crippen molar-refractivity contribution >= 4 is 32.4 Å². The van der Waals surface area contributed by atoms with Crippen molar-refractivity contribution in [2.75, 3.05) is 4.90 Å². The fourth-order valence-corrected chi connectivity index (χ4v) is 3.03. The van der Waals surface area contributed by atoms with E-state index in [4.69, 9.17) is 0 Å². The Hall–Kier alpha value is -2.34. The number of aldehydes is 1. The molecule has 0 aliphatic carbocycles. The lowest BCUT2D eigenvalue weighted by molar-refractivity contribution is -0.109. The lowest BCUT2D eigenvalue weighted by Crippen LogP contribution is -2.28. The number of carbonyl (C=O) groups excluding carboxylic acids is 1. The van der Waals surface area contributed by atoms with Crippen LogP contribution in [0.3, 0.4) is 0 Å². The molecule has 1 heterocycles. The van der Waals surface area contributed by atoms with Gasteiger partial charge in [-0.25, -0.2) is 4.39 Å². The van der Waals surface area contributed by atoms with E-state index in [1.807, 2.05) is 0 Å². The minimum atomic E-state index is -0.761. The highest BCUT2D eigenvalue weighted by Crippen LogP contribution is 2.41. The summed E-state index contributed by atoms with van der Waals surface area (Å²) in [5, 5.41) is 18.9. The van der Waals surface area contributed by atoms with Gasteiger partial charge in [-0.1, -0.05) is 6.07 Å². The van der Waals surface area contributed by atoms with Crippen LogP contribution < -0.4 is 4.90 Å². The summed E-state index contributed by atoms with van der Waals surface area (Å²) in [7, 11) is 0. The third-order valence-corrected chi connectivity index (χ3v) is 4.16. The average molecular weight is 364 g/mol. The third kappa shape index (κ3) is 2.35. The molecule has 0 saturated heterocycles. The van der Waals surface area contributed by atoms with Crippen LogP contribution in [0, 0.1) is 5.82 Å². The molecule has 3 rings (SSSR count). The molecule has 22 heavy (non-hydrogen) atoms. The Morgan fingerprint density at radius 3 is 2.64 bits per heavy atom. The van der Waals surface area contributed by atoms with Crippen molar-refractivity contribution in [1.29, 1.82) is 0 Å². The number of nitrogens with zero attached hydrogens (tertiary/aromatic N) is 1. The smallest absolute Gasteiger partial charge is 0.166 e. The normalized spacial score (nSPS) is 16.9. The summed E-state index contributed by atoms with van der Waals surface area (Å²) in [5.74, 6) is -1.11. The summed E-state index contributed by atoms with van der Waals surface area (Å²) in [6.45, 7) is 0. The molecule has 2 aromatic carbocycles. The Balaban J connectivity index is 2.14. The van der Waals surface area contributed by atoms with Crippen molar-refractivity contribution in [3.63, 3.8) is 0 Å². The van der Waals surface area contributed by atoms with E-state index in [-0.39, 0.29) is 5.75 Å². The van der Waals surface area contributed by atoms with E-state index < -0.39 is 17.6 Å². The lowest BCUT2D eigenvalue weighted by atomic mass is 9.96. The molecule has 0 saturated carbocycles. The summed E-state index contributed by atoms with van der Waals surface area (Å²) in [4.78, 5) is 13.2. The molecule has 1 aliphatic heterocycles. The van der Waals surface area contributed by atoms with Gasteiger partial charge < -0.3 is 19.9 Å². The van der Waals surface area contributed by atoms with E-state index in [1.165, 1.54) is 18.2 Å². The molecular formula is C16H11BrFNO3. The molecule has 1 atom stereocenters. The first-order valence-corrected chi connectivity index (χ1v) is 7.23. The van der Waals surface area contributed by atoms with Crippen LogP contribution in [-0.2, 0) is 4.79 Å². The summed E-state index contributed by atoms with van der Waals surface area (Å²) < 4.78 is 14.2. The number of rotatable bonds is 2. The standard InChI is InChI=1S/C16H11BrFNO3/c17-13-7-19(9-1-4-16(22)14(18)5-9)15(8-20)11-3-2-10(21)6-12(11)13/h1-8,15,21-22H. The number of benzene rings is 2. The molecule has 2 N–H and O–H groups in total. The number of phenols is 2. The van der Waals surface area contributed by atoms with Gasteiger partial charge in [-0.15, -0.1) is 0 Å². The molecule has 0 bridgehead atoms. The van der Waals surface area contributed by atoms with E-state index in [0.717, 1.165) is 12.4 Å². The Morgan fingerprint density at radius 1 is 1.18 bits per heavy atom. The second-order valence-electron chi connectivity index (χ2n) is 4.87. The van der Waals surface area contributed by atoms with Crippen LogP contribution in [-0.4, -0.2) is 16.5 Å². The van der Waals surface area contributed by atoms with Gasteiger partial charge in [0.25, 0.3) is 0 Å². The highest BCUT2D eigenvalue weighted by molar-refractivity contribution is 9.15. The molecule has 0 radical (unpaired) electrons. The van der Waals surface area contributed by atoms with Crippen LogP contribution in [0.25, 0.3) is 4.48 Å². The molecule has 112 valence electrons. The first kappa shape index (κ1) is 14.6. The van der Waals surface area contributed by atoms with Gasteiger partial charge in [0.15, 0.2) is 11.6 Å². The van der Waals surface area contributed by atoms with Crippen LogP contribution in [0.4, 0.5) is 10.1 Å². The van der Waals surface area contributed by atoms with E-state index in [0.29, 0.717) is 21.3 Å². The highest BCUT2D eigenvalue weighted by Gasteiger charge is 2.28. The number of phenolic OH excluding ortho intramolecular Hbond substituents is 2. The van der Waals surface area contributed by atoms with Crippen molar-refractivity contribution in [1.82, 2.24) is 0 Å². The monoisotopic (exact) mass is 363 g/mol. The van der Waals surface area contributed by atoms with E-state index in [2.05, 4.69) is 15.9 Å². The number of hydrogen-bond donors (Lipinski definition) is 2. The van der Waals surface area contributed by atoms with Gasteiger partial charge in [-0.05, 0) is 51.3 Å². The zero-order valence-corrected chi connectivity index (χ0v) is 12.8. The number of carbonyl (C=O) groups is 1. The van der Waals surface area contributed by atoms with Gasteiger partial charge >= 0.3 is 0 Å². The quantitative estimate of drug-likeness (QED) is 0.798. The Bertz CT molecular complexity index is 791. The number of hydrogen-bond acceptors (Lipinski definition) is 4. The Kier molecular flexibility index (Phi) is 3.62. The Labute approximate surface area is 134 Å². The molecule has 6 heteroatoms. The van der Waals surface area contributed by atoms with Crippen molar-refractivity contribution in [2.45, 2.75) is 6.04 Å². The molecule has 1 unspecified atom stereocenters. The molecule has 1 aliphatic rings. The fraction of sp³-hybridized carbons (Fsp3) is 0.0625. The summed E-state index contributed by atoms with van der Waals surface area (Å²) in [6.07, 6.45) is 2.39. The van der Waals surface area contributed by atoms with Gasteiger partial charge in [0.2, 0.25) is 0 Å². The summed E-state index contributed by atoms with van der Waals surface area (Å²) >= 11 is 3.40. The predicted molar refractivity (Wildman–Crippen MR) is 84.4 cm³/mol. The van der Waals surface area contributed by atoms with Crippen LogP contribution in [0.5, 0.6) is 11.5 Å². The van der Waals surface area contributed by atoms with Crippen molar-refractivity contribution in [2.24, 2.45) is 0 Å². The number of halogens is 2. The molecule has 0 spiro atoms. The minimum Gasteiger partial charge on any atom is -0.508 e. The molecule has 4 nitrogen and oxygen atoms in total. The van der Waals surface area contributed by atoms with Crippen molar-refractivity contribution < 1.29 is 19.4 Å². The topological polar surface area (TPSA) is 60.8 Å². The van der Waals surface area contributed by atoms with Gasteiger partial charge in [0, 0.05) is 22.4 Å². The molecular weight excluding hydrogens is 353 g/mol. The largest absolute Gasteiger partial charge is 0.508 e. The maximum atomic E-state index is 13.6. The summed E-state index contributed by atoms with van der Waals surface area (Å²) in [5.41, 5.74) is 1.83. The fourth-order valence-electron chi connectivity index (χ4n) is 2.46. The summed E-state index contributed by atoms with van der Waals surface area (Å²) in [6, 6.07) is 7.98. The van der Waals surface area contributed by atoms with Gasteiger partial charge in [0.1, 0.15) is 18.1 Å². The van der Waals surface area contributed by atoms with Crippen LogP contribution in [0.2, 0.25) is 0 Å². The third-order valence-electron chi connectivity index (χ3n) is 3.52. The SMILES string of the molecule is O=CC1c2ccc(O)cc2C(Br)=CN1c1ccc(O)c(F)c1. The lowest BCUT2D eigenvalue weighted by Gasteiger charge is -2.33. The predicted octanol–water partition coefficient (Wildman–Crippen LogP) is 3.69. The number of anilines is 1. The van der Waals surface area contributed by atoms with Gasteiger partial charge in [-0.2, -0.15) is 0 Å².